The van der Waals surface area contributed by atoms with Gasteiger partial charge in [-0.05, 0) is 48.9 Å². The lowest BCUT2D eigenvalue weighted by Gasteiger charge is -2.18. The summed E-state index contributed by atoms with van der Waals surface area (Å²) in [6.45, 7) is 3.13. The second-order valence-electron chi connectivity index (χ2n) is 6.01. The van der Waals surface area contributed by atoms with E-state index in [1.165, 1.54) is 0 Å². The van der Waals surface area contributed by atoms with Crippen LogP contribution in [0.1, 0.15) is 15.9 Å². The van der Waals surface area contributed by atoms with Crippen molar-refractivity contribution in [3.63, 3.8) is 0 Å². The fraction of sp³-hybridized carbons (Fsp3) is 0.200. The average molecular weight is 371 g/mol. The summed E-state index contributed by atoms with van der Waals surface area (Å²) < 4.78 is 5.13. The van der Waals surface area contributed by atoms with E-state index in [0.717, 1.165) is 24.3 Å². The molecule has 26 heavy (non-hydrogen) atoms. The molecule has 6 heteroatoms. The molecule has 0 radical (unpaired) electrons. The van der Waals surface area contributed by atoms with Crippen LogP contribution in [-0.4, -0.2) is 31.6 Å². The summed E-state index contributed by atoms with van der Waals surface area (Å²) in [5.74, 6) is -0.925. The minimum atomic E-state index is -0.526. The summed E-state index contributed by atoms with van der Waals surface area (Å²) in [7, 11) is 0. The highest BCUT2D eigenvalue weighted by Gasteiger charge is 2.14. The molecular formula is C20H19ClN2O3. The van der Waals surface area contributed by atoms with Crippen LogP contribution >= 0.6 is 11.6 Å². The van der Waals surface area contributed by atoms with Gasteiger partial charge in [-0.1, -0.05) is 29.8 Å². The highest BCUT2D eigenvalue weighted by atomic mass is 35.5. The van der Waals surface area contributed by atoms with E-state index in [2.05, 4.69) is 22.4 Å². The number of benzene rings is 2. The van der Waals surface area contributed by atoms with Gasteiger partial charge in [0.15, 0.2) is 6.61 Å². The number of esters is 1. The molecule has 2 aromatic rings. The van der Waals surface area contributed by atoms with Crippen LogP contribution in [-0.2, 0) is 9.53 Å². The molecule has 0 bridgehead atoms. The van der Waals surface area contributed by atoms with Crippen molar-refractivity contribution in [1.82, 2.24) is 0 Å². The maximum Gasteiger partial charge on any atom is 0.338 e. The zero-order valence-corrected chi connectivity index (χ0v) is 15.1. The first-order chi connectivity index (χ1) is 12.5. The van der Waals surface area contributed by atoms with Gasteiger partial charge in [-0.2, -0.15) is 0 Å². The van der Waals surface area contributed by atoms with Gasteiger partial charge in [-0.3, -0.25) is 4.79 Å². The molecule has 1 heterocycles. The number of aryl methyl sites for hydroxylation is 1. The van der Waals surface area contributed by atoms with Gasteiger partial charge >= 0.3 is 5.97 Å². The van der Waals surface area contributed by atoms with Gasteiger partial charge in [0, 0.05) is 29.5 Å². The summed E-state index contributed by atoms with van der Waals surface area (Å²) >= 11 is 5.89. The predicted octanol–water partition coefficient (Wildman–Crippen LogP) is 3.82. The van der Waals surface area contributed by atoms with Crippen molar-refractivity contribution >= 4 is 34.9 Å². The van der Waals surface area contributed by atoms with Gasteiger partial charge in [-0.25, -0.2) is 4.79 Å². The molecule has 1 N–H and O–H groups in total. The minimum absolute atomic E-state index is 0.351. The van der Waals surface area contributed by atoms with Gasteiger partial charge in [-0.15, -0.1) is 0 Å². The third-order valence-electron chi connectivity index (χ3n) is 4.06. The van der Waals surface area contributed by atoms with E-state index in [0.29, 0.717) is 16.3 Å². The molecule has 0 fully saturated rings. The van der Waals surface area contributed by atoms with E-state index in [4.69, 9.17) is 16.3 Å². The fourth-order valence-electron chi connectivity index (χ4n) is 2.69. The summed E-state index contributed by atoms with van der Waals surface area (Å²) in [6, 6.07) is 12.4. The average Bonchev–Trinajstić information content (AvgIpc) is 3.17. The number of amides is 1. The van der Waals surface area contributed by atoms with Gasteiger partial charge in [0.05, 0.1) is 5.56 Å². The van der Waals surface area contributed by atoms with E-state index in [-0.39, 0.29) is 6.61 Å². The predicted molar refractivity (Wildman–Crippen MR) is 103 cm³/mol. The van der Waals surface area contributed by atoms with Crippen LogP contribution in [0, 0.1) is 6.92 Å². The smallest absolute Gasteiger partial charge is 0.338 e. The second kappa shape index (κ2) is 8.06. The standard InChI is InChI=1S/C20H19ClN2O3/c1-14-11-16(21)7-8-18(14)22-19(24)13-26-20(25)15-5-4-6-17(12-15)23-9-2-3-10-23/h2-8,11-12H,9-10,13H2,1H3,(H,22,24). The summed E-state index contributed by atoms with van der Waals surface area (Å²) in [4.78, 5) is 26.4. The Bertz CT molecular complexity index is 856. The Labute approximate surface area is 157 Å². The van der Waals surface area contributed by atoms with Crippen LogP contribution in [0.5, 0.6) is 0 Å². The number of ether oxygens (including phenoxy) is 1. The number of carbonyl (C=O) groups excluding carboxylic acids is 2. The lowest BCUT2D eigenvalue weighted by Crippen LogP contribution is -2.22. The molecule has 2 aromatic carbocycles. The zero-order valence-electron chi connectivity index (χ0n) is 14.4. The fourth-order valence-corrected chi connectivity index (χ4v) is 2.91. The van der Waals surface area contributed by atoms with Crippen LogP contribution in [0.3, 0.4) is 0 Å². The maximum atomic E-state index is 12.2. The highest BCUT2D eigenvalue weighted by molar-refractivity contribution is 6.30. The highest BCUT2D eigenvalue weighted by Crippen LogP contribution is 2.20. The van der Waals surface area contributed by atoms with Crippen molar-refractivity contribution in [2.45, 2.75) is 6.92 Å². The monoisotopic (exact) mass is 370 g/mol. The Hall–Kier alpha value is -2.79. The van der Waals surface area contributed by atoms with Gasteiger partial charge < -0.3 is 15.0 Å². The Balaban J connectivity index is 1.56. The topological polar surface area (TPSA) is 58.6 Å². The summed E-state index contributed by atoms with van der Waals surface area (Å²) in [5, 5.41) is 3.31. The van der Waals surface area contributed by atoms with Crippen molar-refractivity contribution in [3.8, 4) is 0 Å². The number of carbonyl (C=O) groups is 2. The Morgan fingerprint density at radius 2 is 1.92 bits per heavy atom. The van der Waals surface area contributed by atoms with E-state index in [1.807, 2.05) is 13.0 Å². The van der Waals surface area contributed by atoms with E-state index in [9.17, 15) is 9.59 Å². The third-order valence-corrected chi connectivity index (χ3v) is 4.30. The normalized spacial score (nSPS) is 12.9. The number of anilines is 2. The molecule has 0 saturated carbocycles. The van der Waals surface area contributed by atoms with Crippen LogP contribution < -0.4 is 10.2 Å². The molecule has 5 nitrogen and oxygen atoms in total. The molecule has 1 aliphatic heterocycles. The van der Waals surface area contributed by atoms with E-state index in [1.54, 1.807) is 36.4 Å². The maximum absolute atomic E-state index is 12.2. The molecular weight excluding hydrogens is 352 g/mol. The Morgan fingerprint density at radius 3 is 2.65 bits per heavy atom. The van der Waals surface area contributed by atoms with E-state index < -0.39 is 11.9 Å². The number of rotatable bonds is 5. The van der Waals surface area contributed by atoms with E-state index >= 15 is 0 Å². The van der Waals surface area contributed by atoms with Gasteiger partial charge in [0.2, 0.25) is 0 Å². The molecule has 0 aromatic heterocycles. The molecule has 3 rings (SSSR count). The summed E-state index contributed by atoms with van der Waals surface area (Å²) in [6.07, 6.45) is 4.15. The van der Waals surface area contributed by atoms with Crippen molar-refractivity contribution in [1.29, 1.82) is 0 Å². The van der Waals surface area contributed by atoms with Crippen molar-refractivity contribution in [2.24, 2.45) is 0 Å². The quantitative estimate of drug-likeness (QED) is 0.642. The third kappa shape index (κ3) is 4.43. The molecule has 0 atom stereocenters. The van der Waals surface area contributed by atoms with Gasteiger partial charge in [0.25, 0.3) is 5.91 Å². The molecule has 0 spiro atoms. The SMILES string of the molecule is Cc1cc(Cl)ccc1NC(=O)COC(=O)c1cccc(N2CC=CC2)c1. The second-order valence-corrected chi connectivity index (χ2v) is 6.45. The van der Waals surface area contributed by atoms with Crippen LogP contribution in [0.25, 0.3) is 0 Å². The Morgan fingerprint density at radius 1 is 1.15 bits per heavy atom. The first kappa shape index (κ1) is 18.0. The number of nitrogens with zero attached hydrogens (tertiary/aromatic N) is 1. The molecule has 134 valence electrons. The lowest BCUT2D eigenvalue weighted by atomic mass is 10.2. The largest absolute Gasteiger partial charge is 0.452 e. The van der Waals surface area contributed by atoms with Crippen LogP contribution in [0.15, 0.2) is 54.6 Å². The van der Waals surface area contributed by atoms with Crippen LogP contribution in [0.4, 0.5) is 11.4 Å². The van der Waals surface area contributed by atoms with Crippen molar-refractivity contribution in [2.75, 3.05) is 29.9 Å². The Kier molecular flexibility index (Phi) is 5.58. The molecule has 0 aliphatic carbocycles. The van der Waals surface area contributed by atoms with Crippen molar-refractivity contribution in [3.05, 3.63) is 70.8 Å². The van der Waals surface area contributed by atoms with Crippen LogP contribution in [0.2, 0.25) is 5.02 Å². The number of hydrogen-bond donors (Lipinski definition) is 1. The zero-order chi connectivity index (χ0) is 18.5. The first-order valence-electron chi connectivity index (χ1n) is 8.26. The molecule has 1 aliphatic rings. The molecule has 0 saturated heterocycles. The minimum Gasteiger partial charge on any atom is -0.452 e. The first-order valence-corrected chi connectivity index (χ1v) is 8.64. The van der Waals surface area contributed by atoms with Gasteiger partial charge in [0.1, 0.15) is 0 Å². The number of nitrogens with one attached hydrogen (secondary N) is 1. The number of halogens is 1. The molecule has 1 amide bonds. The summed E-state index contributed by atoms with van der Waals surface area (Å²) in [5.41, 5.74) is 2.85. The number of hydrogen-bond acceptors (Lipinski definition) is 4. The molecule has 0 unspecified atom stereocenters. The van der Waals surface area contributed by atoms with Crippen molar-refractivity contribution < 1.29 is 14.3 Å². The lowest BCUT2D eigenvalue weighted by molar-refractivity contribution is -0.119.